The van der Waals surface area contributed by atoms with Gasteiger partial charge in [-0.2, -0.15) is 0 Å². The summed E-state index contributed by atoms with van der Waals surface area (Å²) in [6.07, 6.45) is 6.62. The van der Waals surface area contributed by atoms with Crippen molar-refractivity contribution in [3.05, 3.63) is 36.2 Å². The Labute approximate surface area is 129 Å². The highest BCUT2D eigenvalue weighted by molar-refractivity contribution is 7.98. The second-order valence-electron chi connectivity index (χ2n) is 5.13. The fourth-order valence-electron chi connectivity index (χ4n) is 2.05. The predicted octanol–water partition coefficient (Wildman–Crippen LogP) is 2.33. The van der Waals surface area contributed by atoms with Crippen LogP contribution in [0.2, 0.25) is 0 Å². The van der Waals surface area contributed by atoms with Crippen molar-refractivity contribution in [2.24, 2.45) is 0 Å². The highest BCUT2D eigenvalue weighted by Crippen LogP contribution is 2.26. The van der Waals surface area contributed by atoms with E-state index >= 15 is 0 Å². The van der Waals surface area contributed by atoms with Gasteiger partial charge >= 0.3 is 0 Å². The number of aromatic nitrogens is 3. The summed E-state index contributed by atoms with van der Waals surface area (Å²) in [6, 6.07) is 8.78. The molecule has 112 valence electrons. The maximum Gasteiger partial charge on any atom is 0.132 e. The molecule has 1 aliphatic carbocycles. The first-order valence-corrected chi connectivity index (χ1v) is 8.46. The molecule has 0 spiro atoms. The summed E-state index contributed by atoms with van der Waals surface area (Å²) < 4.78 is 7.66. The van der Waals surface area contributed by atoms with Gasteiger partial charge in [-0.05, 0) is 31.2 Å². The van der Waals surface area contributed by atoms with Crippen molar-refractivity contribution in [1.82, 2.24) is 20.3 Å². The van der Waals surface area contributed by atoms with Crippen LogP contribution in [0.5, 0.6) is 5.75 Å². The molecule has 1 saturated carbocycles. The smallest absolute Gasteiger partial charge is 0.132 e. The molecule has 0 saturated heterocycles. The van der Waals surface area contributed by atoms with Crippen LogP contribution in [0.15, 0.2) is 35.4 Å². The molecule has 6 heteroatoms. The average Bonchev–Trinajstić information content (AvgIpc) is 3.24. The Balaban J connectivity index is 1.46. The standard InChI is InChI=1S/C15H20N4OS/c1-21-15-5-3-2-4-14(15)20-9-8-19-11-13(17-18-19)10-16-12-6-7-12/h2-5,11-12,16H,6-10H2,1H3. The number of hydrogen-bond acceptors (Lipinski definition) is 5. The van der Waals surface area contributed by atoms with Gasteiger partial charge in [0.2, 0.25) is 0 Å². The first-order valence-electron chi connectivity index (χ1n) is 7.23. The van der Waals surface area contributed by atoms with Gasteiger partial charge < -0.3 is 10.1 Å². The maximum atomic E-state index is 5.82. The first-order chi connectivity index (χ1) is 10.3. The Morgan fingerprint density at radius 2 is 2.24 bits per heavy atom. The van der Waals surface area contributed by atoms with Crippen LogP contribution >= 0.6 is 11.8 Å². The normalized spacial score (nSPS) is 14.3. The van der Waals surface area contributed by atoms with Gasteiger partial charge in [-0.3, -0.25) is 0 Å². The topological polar surface area (TPSA) is 52.0 Å². The van der Waals surface area contributed by atoms with E-state index in [1.165, 1.54) is 12.8 Å². The number of rotatable bonds is 8. The monoisotopic (exact) mass is 304 g/mol. The largest absolute Gasteiger partial charge is 0.490 e. The van der Waals surface area contributed by atoms with Crippen LogP contribution in [0.25, 0.3) is 0 Å². The lowest BCUT2D eigenvalue weighted by Crippen LogP contribution is -2.15. The van der Waals surface area contributed by atoms with Crippen molar-refractivity contribution >= 4 is 11.8 Å². The molecule has 0 amide bonds. The summed E-state index contributed by atoms with van der Waals surface area (Å²) >= 11 is 1.69. The van der Waals surface area contributed by atoms with Gasteiger partial charge in [0, 0.05) is 23.7 Å². The average molecular weight is 304 g/mol. The van der Waals surface area contributed by atoms with Crippen molar-refractivity contribution in [3.8, 4) is 5.75 Å². The van der Waals surface area contributed by atoms with E-state index in [0.29, 0.717) is 19.2 Å². The minimum atomic E-state index is 0.594. The van der Waals surface area contributed by atoms with Crippen molar-refractivity contribution < 1.29 is 4.74 Å². The lowest BCUT2D eigenvalue weighted by atomic mass is 10.3. The van der Waals surface area contributed by atoms with Crippen LogP contribution in [-0.2, 0) is 13.1 Å². The minimum Gasteiger partial charge on any atom is -0.490 e. The van der Waals surface area contributed by atoms with E-state index in [9.17, 15) is 0 Å². The SMILES string of the molecule is CSc1ccccc1OCCn1cc(CNC2CC2)nn1. The lowest BCUT2D eigenvalue weighted by Gasteiger charge is -2.09. The van der Waals surface area contributed by atoms with E-state index in [-0.39, 0.29) is 0 Å². The molecule has 1 aromatic carbocycles. The highest BCUT2D eigenvalue weighted by atomic mass is 32.2. The Bertz CT molecular complexity index is 583. The summed E-state index contributed by atoms with van der Waals surface area (Å²) in [5, 5.41) is 11.7. The van der Waals surface area contributed by atoms with Crippen LogP contribution in [0, 0.1) is 0 Å². The molecule has 1 N–H and O–H groups in total. The van der Waals surface area contributed by atoms with Gasteiger partial charge in [0.25, 0.3) is 0 Å². The molecule has 1 fully saturated rings. The van der Waals surface area contributed by atoms with E-state index in [0.717, 1.165) is 22.9 Å². The fraction of sp³-hybridized carbons (Fsp3) is 0.467. The summed E-state index contributed by atoms with van der Waals surface area (Å²) in [7, 11) is 0. The highest BCUT2D eigenvalue weighted by Gasteiger charge is 2.20. The van der Waals surface area contributed by atoms with Crippen molar-refractivity contribution in [3.63, 3.8) is 0 Å². The van der Waals surface area contributed by atoms with Gasteiger partial charge in [0.05, 0.1) is 12.2 Å². The molecule has 0 radical (unpaired) electrons. The Morgan fingerprint density at radius 3 is 3.05 bits per heavy atom. The first kappa shape index (κ1) is 14.4. The number of nitrogens with one attached hydrogen (secondary N) is 1. The van der Waals surface area contributed by atoms with Gasteiger partial charge in [-0.1, -0.05) is 17.3 Å². The van der Waals surface area contributed by atoms with Gasteiger partial charge in [0.15, 0.2) is 0 Å². The number of ether oxygens (including phenoxy) is 1. The predicted molar refractivity (Wildman–Crippen MR) is 83.6 cm³/mol. The summed E-state index contributed by atoms with van der Waals surface area (Å²) in [5.41, 5.74) is 0.992. The molecule has 1 heterocycles. The van der Waals surface area contributed by atoms with E-state index < -0.39 is 0 Å². The molecule has 0 atom stereocenters. The molecule has 3 rings (SSSR count). The zero-order valence-electron chi connectivity index (χ0n) is 12.2. The molecule has 5 nitrogen and oxygen atoms in total. The van der Waals surface area contributed by atoms with E-state index in [1.807, 2.05) is 29.1 Å². The zero-order valence-corrected chi connectivity index (χ0v) is 13.0. The van der Waals surface area contributed by atoms with Crippen molar-refractivity contribution in [1.29, 1.82) is 0 Å². The second-order valence-corrected chi connectivity index (χ2v) is 5.98. The second kappa shape index (κ2) is 6.95. The van der Waals surface area contributed by atoms with E-state index in [1.54, 1.807) is 11.8 Å². The van der Waals surface area contributed by atoms with Crippen molar-refractivity contribution in [2.45, 2.75) is 36.9 Å². The fourth-order valence-corrected chi connectivity index (χ4v) is 2.60. The van der Waals surface area contributed by atoms with Crippen molar-refractivity contribution in [2.75, 3.05) is 12.9 Å². The minimum absolute atomic E-state index is 0.594. The number of benzene rings is 1. The molecule has 1 aromatic heterocycles. The summed E-state index contributed by atoms with van der Waals surface area (Å²) in [6.45, 7) is 2.11. The number of hydrogen-bond donors (Lipinski definition) is 1. The molecule has 21 heavy (non-hydrogen) atoms. The third kappa shape index (κ3) is 4.22. The quantitative estimate of drug-likeness (QED) is 0.759. The Hall–Kier alpha value is -1.53. The lowest BCUT2D eigenvalue weighted by molar-refractivity contribution is 0.283. The van der Waals surface area contributed by atoms with E-state index in [4.69, 9.17) is 4.74 Å². The molecule has 2 aromatic rings. The molecule has 0 unspecified atom stereocenters. The number of thioether (sulfide) groups is 1. The maximum absolute atomic E-state index is 5.82. The third-order valence-electron chi connectivity index (χ3n) is 3.38. The molecular weight excluding hydrogens is 284 g/mol. The van der Waals surface area contributed by atoms with E-state index in [2.05, 4.69) is 28.0 Å². The van der Waals surface area contributed by atoms with Crippen LogP contribution in [0.4, 0.5) is 0 Å². The van der Waals surface area contributed by atoms with Gasteiger partial charge in [0.1, 0.15) is 12.4 Å². The Kier molecular flexibility index (Phi) is 4.77. The summed E-state index contributed by atoms with van der Waals surface area (Å²) in [4.78, 5) is 1.16. The van der Waals surface area contributed by atoms with Gasteiger partial charge in [-0.25, -0.2) is 4.68 Å². The number of nitrogens with zero attached hydrogens (tertiary/aromatic N) is 3. The molecule has 0 aliphatic heterocycles. The van der Waals surface area contributed by atoms with Crippen LogP contribution in [0.1, 0.15) is 18.5 Å². The van der Waals surface area contributed by atoms with Gasteiger partial charge in [-0.15, -0.1) is 16.9 Å². The Morgan fingerprint density at radius 1 is 1.38 bits per heavy atom. The third-order valence-corrected chi connectivity index (χ3v) is 4.16. The van der Waals surface area contributed by atoms with Crippen LogP contribution in [0.3, 0.4) is 0 Å². The number of para-hydroxylation sites is 1. The molecule has 1 aliphatic rings. The zero-order chi connectivity index (χ0) is 14.5. The summed E-state index contributed by atoms with van der Waals surface area (Å²) in [5.74, 6) is 0.931. The van der Waals surface area contributed by atoms with Crippen LogP contribution < -0.4 is 10.1 Å². The molecule has 0 bridgehead atoms. The molecular formula is C15H20N4OS. The van der Waals surface area contributed by atoms with Crippen LogP contribution in [-0.4, -0.2) is 33.9 Å².